The first-order chi connectivity index (χ1) is 9.98. The number of hydrogen-bond acceptors (Lipinski definition) is 3. The lowest BCUT2D eigenvalue weighted by Crippen LogP contribution is -2.69. The van der Waals surface area contributed by atoms with Crippen molar-refractivity contribution in [3.63, 3.8) is 0 Å². The fourth-order valence-corrected chi connectivity index (χ4v) is 4.40. The number of piperazine rings is 1. The quantitative estimate of drug-likeness (QED) is 0.861. The molecule has 0 aliphatic carbocycles. The number of carbonyl (C=O) groups excluding carboxylic acids is 2. The highest BCUT2D eigenvalue weighted by Gasteiger charge is 2.49. The summed E-state index contributed by atoms with van der Waals surface area (Å²) < 4.78 is 1.04. The van der Waals surface area contributed by atoms with Crippen LogP contribution in [0.4, 0.5) is 0 Å². The summed E-state index contributed by atoms with van der Waals surface area (Å²) in [6.07, 6.45) is 1.88. The maximum Gasteiger partial charge on any atom is 0.246 e. The van der Waals surface area contributed by atoms with Crippen LogP contribution in [0.2, 0.25) is 0 Å². The normalized spacial score (nSPS) is 21.5. The van der Waals surface area contributed by atoms with Gasteiger partial charge in [-0.2, -0.15) is 0 Å². The average Bonchev–Trinajstić information content (AvgIpc) is 2.89. The molecule has 1 fully saturated rings. The summed E-state index contributed by atoms with van der Waals surface area (Å²) in [6.45, 7) is 6.37. The Hall–Kier alpha value is -0.880. The molecule has 0 saturated carbocycles. The van der Waals surface area contributed by atoms with Gasteiger partial charge in [-0.15, -0.1) is 11.3 Å². The number of nitrogens with one attached hydrogen (secondary N) is 1. The summed E-state index contributed by atoms with van der Waals surface area (Å²) in [6, 6.07) is 3.59. The predicted octanol–water partition coefficient (Wildman–Crippen LogP) is 3.31. The molecule has 4 nitrogen and oxygen atoms in total. The van der Waals surface area contributed by atoms with E-state index in [-0.39, 0.29) is 11.8 Å². The minimum absolute atomic E-state index is 0.0189. The van der Waals surface area contributed by atoms with Gasteiger partial charge in [0.15, 0.2) is 0 Å². The fourth-order valence-electron chi connectivity index (χ4n) is 2.93. The highest BCUT2D eigenvalue weighted by molar-refractivity contribution is 9.11. The second-order valence-electron chi connectivity index (χ2n) is 5.30. The van der Waals surface area contributed by atoms with Crippen LogP contribution in [0.15, 0.2) is 15.9 Å². The van der Waals surface area contributed by atoms with Crippen molar-refractivity contribution in [2.45, 2.75) is 58.2 Å². The first-order valence-electron chi connectivity index (χ1n) is 7.35. The van der Waals surface area contributed by atoms with Gasteiger partial charge in [0.25, 0.3) is 0 Å². The number of thiophene rings is 1. The molecule has 2 rings (SSSR count). The molecule has 0 aromatic carbocycles. The molecule has 1 aromatic rings. The summed E-state index contributed by atoms with van der Waals surface area (Å²) in [4.78, 5) is 28.2. The molecular weight excluding hydrogens is 352 g/mol. The van der Waals surface area contributed by atoms with Crippen LogP contribution in [0.5, 0.6) is 0 Å². The van der Waals surface area contributed by atoms with E-state index in [1.807, 2.05) is 32.9 Å². The lowest BCUT2D eigenvalue weighted by Gasteiger charge is -2.47. The van der Waals surface area contributed by atoms with Crippen molar-refractivity contribution in [2.24, 2.45) is 0 Å². The predicted molar refractivity (Wildman–Crippen MR) is 88.1 cm³/mol. The van der Waals surface area contributed by atoms with Crippen LogP contribution in [-0.4, -0.2) is 28.3 Å². The molecule has 1 saturated heterocycles. The fraction of sp³-hybridized carbons (Fsp3) is 0.600. The van der Waals surface area contributed by atoms with Gasteiger partial charge in [-0.3, -0.25) is 9.59 Å². The molecular formula is C15H21BrN2O2S. The van der Waals surface area contributed by atoms with Crippen LogP contribution in [0.1, 0.15) is 44.9 Å². The van der Waals surface area contributed by atoms with Crippen molar-refractivity contribution in [3.05, 3.63) is 20.8 Å². The van der Waals surface area contributed by atoms with Gasteiger partial charge in [-0.05, 0) is 47.3 Å². The van der Waals surface area contributed by atoms with Gasteiger partial charge in [0.05, 0.1) is 10.3 Å². The Kier molecular flexibility index (Phi) is 5.09. The molecule has 1 aromatic heterocycles. The van der Waals surface area contributed by atoms with E-state index >= 15 is 0 Å². The molecule has 1 atom stereocenters. The van der Waals surface area contributed by atoms with Gasteiger partial charge < -0.3 is 10.2 Å². The Labute approximate surface area is 138 Å². The van der Waals surface area contributed by atoms with Crippen molar-refractivity contribution < 1.29 is 9.59 Å². The maximum atomic E-state index is 12.8. The van der Waals surface area contributed by atoms with Crippen LogP contribution in [-0.2, 0) is 16.1 Å². The van der Waals surface area contributed by atoms with Crippen molar-refractivity contribution in [1.82, 2.24) is 10.2 Å². The Morgan fingerprint density at radius 1 is 1.29 bits per heavy atom. The molecule has 1 unspecified atom stereocenters. The van der Waals surface area contributed by atoms with E-state index in [2.05, 4.69) is 21.2 Å². The minimum atomic E-state index is -0.723. The first-order valence-corrected chi connectivity index (χ1v) is 8.96. The molecule has 1 aliphatic rings. The van der Waals surface area contributed by atoms with Gasteiger partial charge in [-0.25, -0.2) is 0 Å². The second kappa shape index (κ2) is 6.48. The number of hydrogen-bond donors (Lipinski definition) is 1. The second-order valence-corrected chi connectivity index (χ2v) is 7.85. The number of carbonyl (C=O) groups is 2. The van der Waals surface area contributed by atoms with Gasteiger partial charge >= 0.3 is 0 Å². The van der Waals surface area contributed by atoms with Crippen molar-refractivity contribution in [1.29, 1.82) is 0 Å². The molecule has 0 radical (unpaired) electrons. The molecule has 1 N–H and O–H groups in total. The summed E-state index contributed by atoms with van der Waals surface area (Å²) >= 11 is 5.05. The van der Waals surface area contributed by atoms with Gasteiger partial charge in [0.1, 0.15) is 11.6 Å². The summed E-state index contributed by atoms with van der Waals surface area (Å²) in [5.41, 5.74) is -0.723. The van der Waals surface area contributed by atoms with Crippen LogP contribution >= 0.6 is 27.3 Å². The van der Waals surface area contributed by atoms with E-state index in [1.54, 1.807) is 16.2 Å². The molecule has 6 heteroatoms. The van der Waals surface area contributed by atoms with Crippen LogP contribution in [0, 0.1) is 0 Å². The van der Waals surface area contributed by atoms with E-state index in [1.165, 1.54) is 0 Å². The van der Waals surface area contributed by atoms with Gasteiger partial charge in [-0.1, -0.05) is 20.8 Å². The van der Waals surface area contributed by atoms with Crippen molar-refractivity contribution in [3.8, 4) is 0 Å². The smallest absolute Gasteiger partial charge is 0.246 e. The van der Waals surface area contributed by atoms with E-state index in [4.69, 9.17) is 0 Å². The molecule has 1 aliphatic heterocycles. The molecule has 116 valence electrons. The number of halogens is 1. The monoisotopic (exact) mass is 372 g/mol. The average molecular weight is 373 g/mol. The molecule has 21 heavy (non-hydrogen) atoms. The lowest BCUT2D eigenvalue weighted by molar-refractivity contribution is -0.159. The maximum absolute atomic E-state index is 12.8. The molecule has 2 amide bonds. The lowest BCUT2D eigenvalue weighted by atomic mass is 9.85. The standard InChI is InChI=1S/C15H21BrN2O2S/c1-4-11-13(19)18(9-10-7-8-12(16)21-10)15(5-2,6-3)14(20)17-11/h7-8,11H,4-6,9H2,1-3H3,(H,17,20). The SMILES string of the molecule is CCC1NC(=O)C(CC)(CC)N(Cc2ccc(Br)s2)C1=O. The van der Waals surface area contributed by atoms with Gasteiger partial charge in [0, 0.05) is 4.88 Å². The van der Waals surface area contributed by atoms with E-state index < -0.39 is 11.6 Å². The third kappa shape index (κ3) is 2.88. The Morgan fingerprint density at radius 3 is 2.43 bits per heavy atom. The van der Waals surface area contributed by atoms with Gasteiger partial charge in [0.2, 0.25) is 11.8 Å². The highest BCUT2D eigenvalue weighted by Crippen LogP contribution is 2.33. The zero-order chi connectivity index (χ0) is 15.6. The zero-order valence-electron chi connectivity index (χ0n) is 12.6. The van der Waals surface area contributed by atoms with Crippen molar-refractivity contribution in [2.75, 3.05) is 0 Å². The third-order valence-corrected chi connectivity index (χ3v) is 5.94. The Morgan fingerprint density at radius 2 is 1.95 bits per heavy atom. The summed E-state index contributed by atoms with van der Waals surface area (Å²) in [5.74, 6) is 0.0138. The molecule has 2 heterocycles. The topological polar surface area (TPSA) is 49.4 Å². The Balaban J connectivity index is 2.37. The Bertz CT molecular complexity index is 540. The summed E-state index contributed by atoms with van der Waals surface area (Å²) in [7, 11) is 0. The summed E-state index contributed by atoms with van der Waals surface area (Å²) in [5, 5.41) is 2.89. The van der Waals surface area contributed by atoms with Crippen LogP contribution < -0.4 is 5.32 Å². The first kappa shape index (κ1) is 16.5. The number of nitrogens with zero attached hydrogens (tertiary/aromatic N) is 1. The van der Waals surface area contributed by atoms with Crippen LogP contribution in [0.3, 0.4) is 0 Å². The number of rotatable bonds is 5. The van der Waals surface area contributed by atoms with E-state index in [0.717, 1.165) is 8.66 Å². The van der Waals surface area contributed by atoms with E-state index in [9.17, 15) is 9.59 Å². The van der Waals surface area contributed by atoms with Crippen LogP contribution in [0.25, 0.3) is 0 Å². The third-order valence-electron chi connectivity index (χ3n) is 4.33. The highest BCUT2D eigenvalue weighted by atomic mass is 79.9. The minimum Gasteiger partial charge on any atom is -0.342 e. The zero-order valence-corrected chi connectivity index (χ0v) is 15.0. The van der Waals surface area contributed by atoms with Crippen molar-refractivity contribution >= 4 is 39.1 Å². The molecule has 0 bridgehead atoms. The largest absolute Gasteiger partial charge is 0.342 e. The van der Waals surface area contributed by atoms with E-state index in [0.29, 0.717) is 25.8 Å². The number of amides is 2. The molecule has 0 spiro atoms.